The van der Waals surface area contributed by atoms with E-state index >= 15 is 0 Å². The van der Waals surface area contributed by atoms with Gasteiger partial charge in [0.05, 0.1) is 10.7 Å². The van der Waals surface area contributed by atoms with Crippen molar-refractivity contribution in [2.24, 2.45) is 0 Å². The van der Waals surface area contributed by atoms with Gasteiger partial charge in [-0.15, -0.1) is 0 Å². The molecule has 0 saturated heterocycles. The molecule has 0 saturated carbocycles. The first kappa shape index (κ1) is 10.4. The van der Waals surface area contributed by atoms with Crippen LogP contribution in [0.3, 0.4) is 0 Å². The van der Waals surface area contributed by atoms with Crippen LogP contribution in [0.4, 0.5) is 5.69 Å². The summed E-state index contributed by atoms with van der Waals surface area (Å²) in [6, 6.07) is 7.96. The maximum atomic E-state index is 6.06. The van der Waals surface area contributed by atoms with Gasteiger partial charge in [0.15, 0.2) is 0 Å². The van der Waals surface area contributed by atoms with Gasteiger partial charge in [-0.3, -0.25) is 0 Å². The lowest BCUT2D eigenvalue weighted by Gasteiger charge is -2.19. The highest BCUT2D eigenvalue weighted by Gasteiger charge is 2.03. The molecule has 0 spiro atoms. The molecule has 0 atom stereocenters. The van der Waals surface area contributed by atoms with Gasteiger partial charge in [-0.05, 0) is 18.6 Å². The summed E-state index contributed by atoms with van der Waals surface area (Å²) in [6.07, 6.45) is 2.43. The Labute approximate surface area is 85.3 Å². The summed E-state index contributed by atoms with van der Waals surface area (Å²) < 4.78 is 0. The molecule has 1 rings (SSSR count). The summed E-state index contributed by atoms with van der Waals surface area (Å²) in [7, 11) is 2.08. The van der Waals surface area contributed by atoms with E-state index in [1.54, 1.807) is 0 Å². The molecule has 0 radical (unpaired) electrons. The van der Waals surface area contributed by atoms with E-state index in [2.05, 4.69) is 24.9 Å². The molecule has 1 aromatic rings. The van der Waals surface area contributed by atoms with Gasteiger partial charge in [0, 0.05) is 13.6 Å². The Balaban J connectivity index is 2.65. The van der Waals surface area contributed by atoms with Gasteiger partial charge in [0.2, 0.25) is 0 Å². The fourth-order valence-electron chi connectivity index (χ4n) is 1.28. The van der Waals surface area contributed by atoms with Gasteiger partial charge in [-0.2, -0.15) is 0 Å². The second-order valence-corrected chi connectivity index (χ2v) is 3.63. The lowest BCUT2D eigenvalue weighted by Crippen LogP contribution is -2.18. The first-order chi connectivity index (χ1) is 6.25. The predicted molar refractivity (Wildman–Crippen MR) is 59.6 cm³/mol. The van der Waals surface area contributed by atoms with Crippen LogP contribution in [0.2, 0.25) is 5.02 Å². The SMILES string of the molecule is CCCCN(C)c1ccccc1Cl. The van der Waals surface area contributed by atoms with Gasteiger partial charge in [-0.1, -0.05) is 37.1 Å². The van der Waals surface area contributed by atoms with Gasteiger partial charge in [0.25, 0.3) is 0 Å². The highest BCUT2D eigenvalue weighted by Crippen LogP contribution is 2.23. The minimum atomic E-state index is 0.834. The molecule has 2 heteroatoms. The fourth-order valence-corrected chi connectivity index (χ4v) is 1.56. The number of anilines is 1. The van der Waals surface area contributed by atoms with E-state index in [4.69, 9.17) is 11.6 Å². The minimum Gasteiger partial charge on any atom is -0.373 e. The Morgan fingerprint density at radius 3 is 2.62 bits per heavy atom. The third kappa shape index (κ3) is 2.92. The summed E-state index contributed by atoms with van der Waals surface area (Å²) in [4.78, 5) is 2.20. The zero-order valence-corrected chi connectivity index (χ0v) is 9.01. The van der Waals surface area contributed by atoms with Gasteiger partial charge < -0.3 is 4.90 Å². The number of hydrogen-bond donors (Lipinski definition) is 0. The number of rotatable bonds is 4. The van der Waals surface area contributed by atoms with Crippen molar-refractivity contribution in [3.8, 4) is 0 Å². The predicted octanol–water partition coefficient (Wildman–Crippen LogP) is 3.58. The second kappa shape index (κ2) is 5.13. The van der Waals surface area contributed by atoms with E-state index in [1.165, 1.54) is 12.8 Å². The van der Waals surface area contributed by atoms with Crippen LogP contribution in [0.1, 0.15) is 19.8 Å². The van der Waals surface area contributed by atoms with Crippen LogP contribution in [0.25, 0.3) is 0 Å². The molecular formula is C11H16ClN. The minimum absolute atomic E-state index is 0.834. The smallest absolute Gasteiger partial charge is 0.0639 e. The maximum absolute atomic E-state index is 6.06. The summed E-state index contributed by atoms with van der Waals surface area (Å²) in [5.41, 5.74) is 1.12. The van der Waals surface area contributed by atoms with E-state index in [0.29, 0.717) is 0 Å². The average molecular weight is 198 g/mol. The van der Waals surface area contributed by atoms with Crippen molar-refractivity contribution >= 4 is 17.3 Å². The summed E-state index contributed by atoms with van der Waals surface area (Å²) in [5, 5.41) is 0.834. The van der Waals surface area contributed by atoms with Crippen molar-refractivity contribution in [1.82, 2.24) is 0 Å². The molecule has 72 valence electrons. The van der Waals surface area contributed by atoms with Crippen LogP contribution < -0.4 is 4.90 Å². The van der Waals surface area contributed by atoms with E-state index in [9.17, 15) is 0 Å². The van der Waals surface area contributed by atoms with Crippen molar-refractivity contribution in [2.75, 3.05) is 18.5 Å². The summed E-state index contributed by atoms with van der Waals surface area (Å²) >= 11 is 6.06. The summed E-state index contributed by atoms with van der Waals surface area (Å²) in [6.45, 7) is 3.26. The van der Waals surface area contributed by atoms with Crippen molar-refractivity contribution in [2.45, 2.75) is 19.8 Å². The van der Waals surface area contributed by atoms with Crippen molar-refractivity contribution < 1.29 is 0 Å². The van der Waals surface area contributed by atoms with E-state index in [-0.39, 0.29) is 0 Å². The van der Waals surface area contributed by atoms with Crippen LogP contribution >= 0.6 is 11.6 Å². The molecule has 13 heavy (non-hydrogen) atoms. The number of nitrogens with zero attached hydrogens (tertiary/aromatic N) is 1. The first-order valence-corrected chi connectivity index (χ1v) is 5.09. The highest BCUT2D eigenvalue weighted by molar-refractivity contribution is 6.33. The van der Waals surface area contributed by atoms with E-state index in [0.717, 1.165) is 17.3 Å². The van der Waals surface area contributed by atoms with Crippen LogP contribution in [0.15, 0.2) is 24.3 Å². The standard InChI is InChI=1S/C11H16ClN/c1-3-4-9-13(2)11-8-6-5-7-10(11)12/h5-8H,3-4,9H2,1-2H3. The van der Waals surface area contributed by atoms with Crippen LogP contribution in [0.5, 0.6) is 0 Å². The molecule has 0 fully saturated rings. The Hall–Kier alpha value is -0.690. The largest absolute Gasteiger partial charge is 0.373 e. The molecule has 0 N–H and O–H groups in total. The third-order valence-corrected chi connectivity index (χ3v) is 2.43. The zero-order valence-electron chi connectivity index (χ0n) is 8.26. The lowest BCUT2D eigenvalue weighted by molar-refractivity contribution is 0.767. The van der Waals surface area contributed by atoms with Gasteiger partial charge in [-0.25, -0.2) is 0 Å². The molecular weight excluding hydrogens is 182 g/mol. The molecule has 0 bridgehead atoms. The number of halogens is 1. The van der Waals surface area contributed by atoms with E-state index < -0.39 is 0 Å². The van der Waals surface area contributed by atoms with Crippen LogP contribution in [0, 0.1) is 0 Å². The third-order valence-electron chi connectivity index (χ3n) is 2.11. The van der Waals surface area contributed by atoms with Crippen molar-refractivity contribution in [3.63, 3.8) is 0 Å². The number of hydrogen-bond acceptors (Lipinski definition) is 1. The van der Waals surface area contributed by atoms with Gasteiger partial charge in [0.1, 0.15) is 0 Å². The zero-order chi connectivity index (χ0) is 9.68. The molecule has 0 aliphatic rings. The lowest BCUT2D eigenvalue weighted by atomic mass is 10.2. The van der Waals surface area contributed by atoms with Crippen molar-refractivity contribution in [1.29, 1.82) is 0 Å². The number of benzene rings is 1. The number of para-hydroxylation sites is 1. The monoisotopic (exact) mass is 197 g/mol. The molecule has 0 aromatic heterocycles. The van der Waals surface area contributed by atoms with Crippen LogP contribution in [-0.2, 0) is 0 Å². The molecule has 0 amide bonds. The normalized spacial score (nSPS) is 10.1. The molecule has 0 aliphatic carbocycles. The topological polar surface area (TPSA) is 3.24 Å². The average Bonchev–Trinajstić information content (AvgIpc) is 2.15. The first-order valence-electron chi connectivity index (χ1n) is 4.71. The molecule has 0 heterocycles. The highest BCUT2D eigenvalue weighted by atomic mass is 35.5. The molecule has 1 aromatic carbocycles. The Morgan fingerprint density at radius 2 is 2.00 bits per heavy atom. The van der Waals surface area contributed by atoms with Crippen LogP contribution in [-0.4, -0.2) is 13.6 Å². The Bertz CT molecular complexity index is 260. The maximum Gasteiger partial charge on any atom is 0.0639 e. The summed E-state index contributed by atoms with van der Waals surface area (Å²) in [5.74, 6) is 0. The van der Waals surface area contributed by atoms with Gasteiger partial charge >= 0.3 is 0 Å². The Kier molecular flexibility index (Phi) is 4.10. The Morgan fingerprint density at radius 1 is 1.31 bits per heavy atom. The van der Waals surface area contributed by atoms with Crippen molar-refractivity contribution in [3.05, 3.63) is 29.3 Å². The second-order valence-electron chi connectivity index (χ2n) is 3.23. The molecule has 0 unspecified atom stereocenters. The molecule has 1 nitrogen and oxygen atoms in total. The molecule has 0 aliphatic heterocycles. The fraction of sp³-hybridized carbons (Fsp3) is 0.455. The number of unbranched alkanes of at least 4 members (excludes halogenated alkanes) is 1. The van der Waals surface area contributed by atoms with E-state index in [1.807, 2.05) is 18.2 Å². The quantitative estimate of drug-likeness (QED) is 0.714.